The van der Waals surface area contributed by atoms with E-state index in [4.69, 9.17) is 4.42 Å². The van der Waals surface area contributed by atoms with Crippen molar-refractivity contribution in [3.8, 4) is 0 Å². The van der Waals surface area contributed by atoms with Crippen molar-refractivity contribution in [3.05, 3.63) is 84.3 Å². The summed E-state index contributed by atoms with van der Waals surface area (Å²) in [6.07, 6.45) is 3.14. The molecule has 2 aromatic carbocycles. The van der Waals surface area contributed by atoms with Gasteiger partial charge < -0.3 is 14.6 Å². The van der Waals surface area contributed by atoms with Gasteiger partial charge in [-0.25, -0.2) is 8.42 Å². The van der Waals surface area contributed by atoms with Crippen LogP contribution in [-0.2, 0) is 21.4 Å². The minimum Gasteiger partial charge on any atom is -0.467 e. The molecule has 0 atom stereocenters. The van der Waals surface area contributed by atoms with E-state index in [1.165, 1.54) is 27.6 Å². The van der Waals surface area contributed by atoms with Crippen molar-refractivity contribution in [3.63, 3.8) is 0 Å². The smallest absolute Gasteiger partial charge is 0.254 e. The number of carbonyl (C=O) groups excluding carboxylic acids is 2. The monoisotopic (exact) mass is 467 g/mol. The van der Waals surface area contributed by atoms with E-state index in [0.29, 0.717) is 24.5 Å². The number of hydrogen-bond acceptors (Lipinski definition) is 5. The Labute approximate surface area is 192 Å². The molecule has 0 saturated carbocycles. The van der Waals surface area contributed by atoms with Gasteiger partial charge in [-0.2, -0.15) is 4.31 Å². The molecule has 1 aromatic heterocycles. The summed E-state index contributed by atoms with van der Waals surface area (Å²) < 4.78 is 32.7. The Balaban J connectivity index is 1.56. The molecule has 8 nitrogen and oxygen atoms in total. The van der Waals surface area contributed by atoms with Gasteiger partial charge in [0.05, 0.1) is 17.7 Å². The number of hydrogen-bond donors (Lipinski definition) is 1. The zero-order valence-corrected chi connectivity index (χ0v) is 18.8. The zero-order chi connectivity index (χ0) is 23.3. The van der Waals surface area contributed by atoms with Crippen molar-refractivity contribution in [1.29, 1.82) is 0 Å². The number of sulfonamides is 1. The van der Waals surface area contributed by atoms with E-state index >= 15 is 0 Å². The number of anilines is 1. The lowest BCUT2D eigenvalue weighted by Gasteiger charge is -2.22. The molecule has 0 unspecified atom stereocenters. The molecule has 9 heteroatoms. The summed E-state index contributed by atoms with van der Waals surface area (Å²) in [5.41, 5.74) is 0.806. The van der Waals surface area contributed by atoms with Crippen LogP contribution in [0.2, 0.25) is 0 Å². The third kappa shape index (κ3) is 5.50. The van der Waals surface area contributed by atoms with Crippen LogP contribution >= 0.6 is 0 Å². The molecule has 2 heterocycles. The van der Waals surface area contributed by atoms with Gasteiger partial charge in [-0.1, -0.05) is 24.3 Å². The number of benzene rings is 2. The second kappa shape index (κ2) is 10.0. The molecule has 0 spiro atoms. The summed E-state index contributed by atoms with van der Waals surface area (Å²) in [5, 5.41) is 2.77. The highest BCUT2D eigenvalue weighted by Gasteiger charge is 2.28. The van der Waals surface area contributed by atoms with Crippen molar-refractivity contribution in [2.45, 2.75) is 24.3 Å². The third-order valence-electron chi connectivity index (χ3n) is 5.39. The van der Waals surface area contributed by atoms with Gasteiger partial charge in [0.2, 0.25) is 15.9 Å². The molecule has 1 aliphatic rings. The van der Waals surface area contributed by atoms with Crippen LogP contribution in [0.3, 0.4) is 0 Å². The molecule has 1 saturated heterocycles. The van der Waals surface area contributed by atoms with Crippen LogP contribution in [-0.4, -0.2) is 49.1 Å². The summed E-state index contributed by atoms with van der Waals surface area (Å²) in [7, 11) is -3.67. The van der Waals surface area contributed by atoms with Crippen molar-refractivity contribution in [2.75, 3.05) is 25.0 Å². The van der Waals surface area contributed by atoms with Gasteiger partial charge in [0.15, 0.2) is 0 Å². The van der Waals surface area contributed by atoms with Crippen molar-refractivity contribution in [1.82, 2.24) is 9.21 Å². The molecule has 0 bridgehead atoms. The standard InChI is InChI=1S/C24H25N3O5S/c28-23(25-20-9-2-1-3-10-20)18-26(17-21-11-7-15-32-21)24(29)19-8-6-12-22(16-19)33(30,31)27-13-4-5-14-27/h1-3,6-12,15-16H,4-5,13-14,17-18H2,(H,25,28). The van der Waals surface area contributed by atoms with Crippen LogP contribution < -0.4 is 5.32 Å². The van der Waals surface area contributed by atoms with E-state index in [1.54, 1.807) is 48.5 Å². The lowest BCUT2D eigenvalue weighted by atomic mass is 10.2. The second-order valence-corrected chi connectivity index (χ2v) is 9.73. The minimum atomic E-state index is -3.67. The molecule has 0 radical (unpaired) electrons. The van der Waals surface area contributed by atoms with Crippen molar-refractivity contribution >= 4 is 27.5 Å². The lowest BCUT2D eigenvalue weighted by Crippen LogP contribution is -2.37. The van der Waals surface area contributed by atoms with Gasteiger partial charge in [0.25, 0.3) is 5.91 Å². The average Bonchev–Trinajstić information content (AvgIpc) is 3.54. The zero-order valence-electron chi connectivity index (χ0n) is 18.0. The van der Waals surface area contributed by atoms with E-state index in [9.17, 15) is 18.0 Å². The summed E-state index contributed by atoms with van der Waals surface area (Å²) in [4.78, 5) is 27.4. The van der Waals surface area contributed by atoms with E-state index in [1.807, 2.05) is 6.07 Å². The summed E-state index contributed by atoms with van der Waals surface area (Å²) in [5.74, 6) is -0.327. The number of furan rings is 1. The normalized spacial score (nSPS) is 14.2. The number of para-hydroxylation sites is 1. The molecular weight excluding hydrogens is 442 g/mol. The Morgan fingerprint density at radius 1 is 0.970 bits per heavy atom. The fraction of sp³-hybridized carbons (Fsp3) is 0.250. The predicted molar refractivity (Wildman–Crippen MR) is 123 cm³/mol. The first-order valence-corrected chi connectivity index (χ1v) is 12.1. The fourth-order valence-corrected chi connectivity index (χ4v) is 5.30. The highest BCUT2D eigenvalue weighted by Crippen LogP contribution is 2.22. The first-order valence-electron chi connectivity index (χ1n) is 10.7. The largest absolute Gasteiger partial charge is 0.467 e. The van der Waals surface area contributed by atoms with Gasteiger partial charge in [0, 0.05) is 24.3 Å². The Morgan fingerprint density at radius 3 is 2.42 bits per heavy atom. The van der Waals surface area contributed by atoms with Crippen LogP contribution in [0, 0.1) is 0 Å². The van der Waals surface area contributed by atoms with Gasteiger partial charge >= 0.3 is 0 Å². The quantitative estimate of drug-likeness (QED) is 0.548. The van der Waals surface area contributed by atoms with Crippen LogP contribution in [0.25, 0.3) is 0 Å². The number of amides is 2. The summed E-state index contributed by atoms with van der Waals surface area (Å²) in [6, 6.07) is 18.3. The molecule has 3 aromatic rings. The summed E-state index contributed by atoms with van der Waals surface area (Å²) >= 11 is 0. The third-order valence-corrected chi connectivity index (χ3v) is 7.28. The van der Waals surface area contributed by atoms with Crippen LogP contribution in [0.15, 0.2) is 82.3 Å². The van der Waals surface area contributed by atoms with Crippen LogP contribution in [0.5, 0.6) is 0 Å². The topological polar surface area (TPSA) is 99.9 Å². The number of rotatable bonds is 8. The molecule has 33 heavy (non-hydrogen) atoms. The molecule has 172 valence electrons. The number of nitrogens with one attached hydrogen (secondary N) is 1. The Bertz CT molecular complexity index is 1200. The predicted octanol–water partition coefficient (Wildman–Crippen LogP) is 3.35. The van der Waals surface area contributed by atoms with Crippen LogP contribution in [0.1, 0.15) is 29.0 Å². The number of carbonyl (C=O) groups is 2. The average molecular weight is 468 g/mol. The Morgan fingerprint density at radius 2 is 1.73 bits per heavy atom. The highest BCUT2D eigenvalue weighted by atomic mass is 32.2. The minimum absolute atomic E-state index is 0.0666. The van der Waals surface area contributed by atoms with Gasteiger partial charge in [-0.15, -0.1) is 0 Å². The highest BCUT2D eigenvalue weighted by molar-refractivity contribution is 7.89. The number of nitrogens with zero attached hydrogens (tertiary/aromatic N) is 2. The Hall–Kier alpha value is -3.43. The van der Waals surface area contributed by atoms with E-state index in [-0.39, 0.29) is 29.5 Å². The molecular formula is C24H25N3O5S. The first kappa shape index (κ1) is 22.8. The van der Waals surface area contributed by atoms with E-state index < -0.39 is 15.9 Å². The Kier molecular flexibility index (Phi) is 6.90. The first-order chi connectivity index (χ1) is 15.9. The SMILES string of the molecule is O=C(CN(Cc1ccco1)C(=O)c1cccc(S(=O)(=O)N2CCCC2)c1)Nc1ccccc1. The molecule has 4 rings (SSSR count). The van der Waals surface area contributed by atoms with E-state index in [2.05, 4.69) is 5.32 Å². The molecule has 1 fully saturated rings. The van der Waals surface area contributed by atoms with Crippen molar-refractivity contribution in [2.24, 2.45) is 0 Å². The molecule has 0 aliphatic carbocycles. The van der Waals surface area contributed by atoms with Crippen molar-refractivity contribution < 1.29 is 22.4 Å². The molecule has 1 N–H and O–H groups in total. The maximum atomic E-state index is 13.4. The van der Waals surface area contributed by atoms with Gasteiger partial charge in [0.1, 0.15) is 12.3 Å². The lowest BCUT2D eigenvalue weighted by molar-refractivity contribution is -0.117. The second-order valence-electron chi connectivity index (χ2n) is 7.79. The van der Waals surface area contributed by atoms with E-state index in [0.717, 1.165) is 12.8 Å². The summed E-state index contributed by atoms with van der Waals surface area (Å²) in [6.45, 7) is 0.796. The molecule has 2 amide bonds. The molecule has 1 aliphatic heterocycles. The fourth-order valence-electron chi connectivity index (χ4n) is 3.74. The van der Waals surface area contributed by atoms with Crippen LogP contribution in [0.4, 0.5) is 5.69 Å². The maximum Gasteiger partial charge on any atom is 0.254 e. The maximum absolute atomic E-state index is 13.4. The van der Waals surface area contributed by atoms with Gasteiger partial charge in [-0.3, -0.25) is 9.59 Å². The van der Waals surface area contributed by atoms with Gasteiger partial charge in [-0.05, 0) is 55.3 Å².